The van der Waals surface area contributed by atoms with E-state index in [1.165, 1.54) is 5.75 Å². The zero-order valence-electron chi connectivity index (χ0n) is 13.6. The highest BCUT2D eigenvalue weighted by Crippen LogP contribution is 2.29. The van der Waals surface area contributed by atoms with Crippen LogP contribution in [0.5, 0.6) is 0 Å². The molecule has 1 fully saturated rings. The van der Waals surface area contributed by atoms with Gasteiger partial charge in [0.25, 0.3) is 0 Å². The van der Waals surface area contributed by atoms with Gasteiger partial charge in [0, 0.05) is 36.7 Å². The van der Waals surface area contributed by atoms with Gasteiger partial charge in [-0.3, -0.25) is 4.99 Å². The summed E-state index contributed by atoms with van der Waals surface area (Å²) in [5.41, 5.74) is 0. The Morgan fingerprint density at radius 1 is 1.40 bits per heavy atom. The molecular formula is C14H31IN4S. The first-order valence-corrected chi connectivity index (χ1v) is 8.33. The minimum atomic E-state index is 0. The third-order valence-corrected chi connectivity index (χ3v) is 4.64. The maximum Gasteiger partial charge on any atom is 0.194 e. The van der Waals surface area contributed by atoms with Gasteiger partial charge in [0.15, 0.2) is 5.96 Å². The van der Waals surface area contributed by atoms with E-state index in [0.29, 0.717) is 4.75 Å². The standard InChI is InChI=1S/C14H30N4S.HI/c1-6-15-13(16-8-9-17(5)7-2)18-10-11-19-14(3,4)12-18;/h6-12H2,1-5H3,(H,15,16);1H. The lowest BCUT2D eigenvalue weighted by Crippen LogP contribution is -2.51. The quantitative estimate of drug-likeness (QED) is 0.425. The first-order chi connectivity index (χ1) is 8.98. The van der Waals surface area contributed by atoms with Crippen LogP contribution in [0.2, 0.25) is 0 Å². The van der Waals surface area contributed by atoms with Crippen molar-refractivity contribution in [2.24, 2.45) is 4.99 Å². The van der Waals surface area contributed by atoms with E-state index in [4.69, 9.17) is 4.99 Å². The van der Waals surface area contributed by atoms with Crippen molar-refractivity contribution < 1.29 is 0 Å². The van der Waals surface area contributed by atoms with Gasteiger partial charge in [-0.2, -0.15) is 11.8 Å². The zero-order valence-corrected chi connectivity index (χ0v) is 16.8. The SMILES string of the molecule is CCNC(=NCCN(C)CC)N1CCSC(C)(C)C1.I. The highest BCUT2D eigenvalue weighted by atomic mass is 127. The van der Waals surface area contributed by atoms with Crippen molar-refractivity contribution in [2.45, 2.75) is 32.4 Å². The van der Waals surface area contributed by atoms with Gasteiger partial charge in [-0.1, -0.05) is 6.92 Å². The second kappa shape index (κ2) is 10.1. The van der Waals surface area contributed by atoms with Crippen molar-refractivity contribution >= 4 is 41.7 Å². The van der Waals surface area contributed by atoms with Gasteiger partial charge in [-0.05, 0) is 34.4 Å². The number of aliphatic imine (C=N–C) groups is 1. The molecular weight excluding hydrogens is 383 g/mol. The fourth-order valence-corrected chi connectivity index (χ4v) is 3.22. The lowest BCUT2D eigenvalue weighted by atomic mass is 10.2. The Labute approximate surface area is 146 Å². The van der Waals surface area contributed by atoms with Crippen molar-refractivity contribution in [3.63, 3.8) is 0 Å². The Kier molecular flexibility index (Phi) is 10.3. The molecule has 0 aliphatic carbocycles. The Morgan fingerprint density at radius 3 is 2.65 bits per heavy atom. The summed E-state index contributed by atoms with van der Waals surface area (Å²) in [7, 11) is 2.14. The van der Waals surface area contributed by atoms with Crippen LogP contribution in [0.25, 0.3) is 0 Å². The van der Waals surface area contributed by atoms with E-state index in [9.17, 15) is 0 Å². The average molecular weight is 414 g/mol. The van der Waals surface area contributed by atoms with Crippen LogP contribution in [-0.4, -0.2) is 72.6 Å². The second-order valence-corrected chi connectivity index (χ2v) is 7.46. The Morgan fingerprint density at radius 2 is 2.10 bits per heavy atom. The molecule has 0 amide bonds. The van der Waals surface area contributed by atoms with Crippen molar-refractivity contribution in [1.82, 2.24) is 15.1 Å². The summed E-state index contributed by atoms with van der Waals surface area (Å²) in [5, 5.41) is 3.43. The molecule has 1 aliphatic heterocycles. The first kappa shape index (κ1) is 20.3. The molecule has 4 nitrogen and oxygen atoms in total. The number of nitrogens with zero attached hydrogens (tertiary/aromatic N) is 3. The van der Waals surface area contributed by atoms with Gasteiger partial charge >= 0.3 is 0 Å². The number of rotatable bonds is 5. The molecule has 0 radical (unpaired) electrons. The summed E-state index contributed by atoms with van der Waals surface area (Å²) in [6.45, 7) is 15.0. The van der Waals surface area contributed by atoms with Crippen LogP contribution in [0.4, 0.5) is 0 Å². The van der Waals surface area contributed by atoms with Crippen molar-refractivity contribution in [1.29, 1.82) is 0 Å². The minimum absolute atomic E-state index is 0. The maximum absolute atomic E-state index is 4.77. The predicted molar refractivity (Wildman–Crippen MR) is 103 cm³/mol. The van der Waals surface area contributed by atoms with Crippen LogP contribution in [0.3, 0.4) is 0 Å². The molecule has 1 rings (SSSR count). The summed E-state index contributed by atoms with van der Waals surface area (Å²) in [6, 6.07) is 0. The number of thioether (sulfide) groups is 1. The smallest absolute Gasteiger partial charge is 0.194 e. The van der Waals surface area contributed by atoms with Gasteiger partial charge in [0.1, 0.15) is 0 Å². The average Bonchev–Trinajstić information content (AvgIpc) is 2.36. The number of likely N-dealkylation sites (N-methyl/N-ethyl adjacent to an activating group) is 1. The van der Waals surface area contributed by atoms with E-state index in [1.54, 1.807) is 0 Å². The van der Waals surface area contributed by atoms with E-state index >= 15 is 0 Å². The molecule has 0 aromatic carbocycles. The Bertz CT molecular complexity index is 297. The summed E-state index contributed by atoms with van der Waals surface area (Å²) >= 11 is 2.06. The number of halogens is 1. The zero-order chi connectivity index (χ0) is 14.3. The molecule has 0 atom stereocenters. The van der Waals surface area contributed by atoms with Crippen molar-refractivity contribution in [3.8, 4) is 0 Å². The highest BCUT2D eigenvalue weighted by Gasteiger charge is 2.28. The molecule has 6 heteroatoms. The largest absolute Gasteiger partial charge is 0.357 e. The molecule has 1 heterocycles. The van der Waals surface area contributed by atoms with Crippen molar-refractivity contribution in [3.05, 3.63) is 0 Å². The van der Waals surface area contributed by atoms with E-state index in [-0.39, 0.29) is 24.0 Å². The fraction of sp³-hybridized carbons (Fsp3) is 0.929. The monoisotopic (exact) mass is 414 g/mol. The number of hydrogen-bond acceptors (Lipinski definition) is 3. The Hall–Kier alpha value is 0.310. The van der Waals surface area contributed by atoms with Gasteiger partial charge in [0.2, 0.25) is 0 Å². The lowest BCUT2D eigenvalue weighted by Gasteiger charge is -2.39. The van der Waals surface area contributed by atoms with Crippen molar-refractivity contribution in [2.75, 3.05) is 52.1 Å². The normalized spacial score (nSPS) is 18.9. The molecule has 0 saturated carbocycles. The second-order valence-electron chi connectivity index (χ2n) is 5.66. The molecule has 120 valence electrons. The lowest BCUT2D eigenvalue weighted by molar-refractivity contribution is 0.355. The number of nitrogens with one attached hydrogen (secondary N) is 1. The van der Waals surface area contributed by atoms with Crippen LogP contribution in [-0.2, 0) is 0 Å². The maximum atomic E-state index is 4.77. The molecule has 0 aromatic heterocycles. The van der Waals surface area contributed by atoms with Crippen LogP contribution in [0.15, 0.2) is 4.99 Å². The molecule has 0 bridgehead atoms. The van der Waals surface area contributed by atoms with Gasteiger partial charge in [-0.25, -0.2) is 0 Å². The molecule has 0 spiro atoms. The fourth-order valence-electron chi connectivity index (χ4n) is 2.11. The minimum Gasteiger partial charge on any atom is -0.357 e. The van der Waals surface area contributed by atoms with E-state index in [1.807, 2.05) is 0 Å². The summed E-state index contributed by atoms with van der Waals surface area (Å²) in [6.07, 6.45) is 0. The van der Waals surface area contributed by atoms with E-state index < -0.39 is 0 Å². The van der Waals surface area contributed by atoms with Crippen LogP contribution >= 0.6 is 35.7 Å². The van der Waals surface area contributed by atoms with Gasteiger partial charge < -0.3 is 15.1 Å². The Balaban J connectivity index is 0.00000361. The molecule has 0 unspecified atom stereocenters. The summed E-state index contributed by atoms with van der Waals surface area (Å²) in [4.78, 5) is 9.47. The molecule has 0 aromatic rings. The molecule has 20 heavy (non-hydrogen) atoms. The van der Waals surface area contributed by atoms with Gasteiger partial charge in [-0.15, -0.1) is 24.0 Å². The van der Waals surface area contributed by atoms with Crippen LogP contribution in [0.1, 0.15) is 27.7 Å². The topological polar surface area (TPSA) is 30.9 Å². The third-order valence-electron chi connectivity index (χ3n) is 3.34. The predicted octanol–water partition coefficient (Wildman–Crippen LogP) is 2.35. The number of guanidine groups is 1. The number of hydrogen-bond donors (Lipinski definition) is 1. The first-order valence-electron chi connectivity index (χ1n) is 7.34. The molecule has 1 aliphatic rings. The van der Waals surface area contributed by atoms with E-state index in [0.717, 1.165) is 45.2 Å². The van der Waals surface area contributed by atoms with Crippen LogP contribution in [0, 0.1) is 0 Å². The highest BCUT2D eigenvalue weighted by molar-refractivity contribution is 14.0. The van der Waals surface area contributed by atoms with E-state index in [2.05, 4.69) is 61.6 Å². The third kappa shape index (κ3) is 7.36. The summed E-state index contributed by atoms with van der Waals surface area (Å²) in [5.74, 6) is 2.27. The summed E-state index contributed by atoms with van der Waals surface area (Å²) < 4.78 is 0.328. The van der Waals surface area contributed by atoms with Gasteiger partial charge in [0.05, 0.1) is 6.54 Å². The molecule has 1 N–H and O–H groups in total. The van der Waals surface area contributed by atoms with Crippen LogP contribution < -0.4 is 5.32 Å². The molecule has 1 saturated heterocycles.